The molecule has 0 radical (unpaired) electrons. The third-order valence-corrected chi connectivity index (χ3v) is 2.68. The fourth-order valence-corrected chi connectivity index (χ4v) is 1.72. The van der Waals surface area contributed by atoms with Crippen molar-refractivity contribution in [3.63, 3.8) is 0 Å². The summed E-state index contributed by atoms with van der Waals surface area (Å²) in [6.07, 6.45) is 0.247. The van der Waals surface area contributed by atoms with Crippen molar-refractivity contribution in [3.8, 4) is 0 Å². The van der Waals surface area contributed by atoms with Gasteiger partial charge in [-0.15, -0.1) is 0 Å². The summed E-state index contributed by atoms with van der Waals surface area (Å²) in [5, 5.41) is 14.6. The monoisotopic (exact) mass is 244 g/mol. The van der Waals surface area contributed by atoms with Crippen LogP contribution in [0.15, 0.2) is 0 Å². The van der Waals surface area contributed by atoms with Gasteiger partial charge in [0.1, 0.15) is 6.04 Å². The van der Waals surface area contributed by atoms with Gasteiger partial charge in [0.25, 0.3) is 0 Å². The van der Waals surface area contributed by atoms with Crippen molar-refractivity contribution in [3.05, 3.63) is 0 Å². The number of carboxylic acid groups (broad SMARTS) is 1. The van der Waals surface area contributed by atoms with Crippen molar-refractivity contribution < 1.29 is 19.4 Å². The highest BCUT2D eigenvalue weighted by Gasteiger charge is 2.25. The van der Waals surface area contributed by atoms with Gasteiger partial charge in [-0.1, -0.05) is 13.8 Å². The number of hydrogen-bond donors (Lipinski definition) is 3. The first-order chi connectivity index (χ1) is 8.00. The van der Waals surface area contributed by atoms with E-state index in [-0.39, 0.29) is 24.3 Å². The quantitative estimate of drug-likeness (QED) is 0.612. The molecule has 0 aromatic heterocycles. The lowest BCUT2D eigenvalue weighted by Gasteiger charge is -2.24. The highest BCUT2D eigenvalue weighted by molar-refractivity contribution is 5.84. The van der Waals surface area contributed by atoms with Crippen molar-refractivity contribution in [1.82, 2.24) is 10.6 Å². The Hall–Kier alpha value is -1.14. The maximum absolute atomic E-state index is 11.7. The Morgan fingerprint density at radius 1 is 1.53 bits per heavy atom. The number of morpholine rings is 1. The summed E-state index contributed by atoms with van der Waals surface area (Å²) in [6, 6.07) is -0.850. The molecular formula is C11H20N2O4. The molecule has 0 aliphatic carbocycles. The number of hydrogen-bond acceptors (Lipinski definition) is 4. The normalized spacial score (nSPS) is 22.2. The second-order valence-electron chi connectivity index (χ2n) is 4.56. The van der Waals surface area contributed by atoms with E-state index in [1.165, 1.54) is 0 Å². The first-order valence-electron chi connectivity index (χ1n) is 5.84. The number of aliphatic carboxylic acids is 1. The number of nitrogens with one attached hydrogen (secondary N) is 2. The minimum atomic E-state index is -0.999. The van der Waals surface area contributed by atoms with Gasteiger partial charge in [0.05, 0.1) is 13.2 Å². The zero-order chi connectivity index (χ0) is 12.8. The van der Waals surface area contributed by atoms with E-state index in [2.05, 4.69) is 10.6 Å². The summed E-state index contributed by atoms with van der Waals surface area (Å²) in [4.78, 5) is 22.6. The van der Waals surface area contributed by atoms with Crippen LogP contribution in [0.4, 0.5) is 0 Å². The molecule has 3 N–H and O–H groups in total. The molecule has 0 saturated carbocycles. The summed E-state index contributed by atoms with van der Waals surface area (Å²) in [7, 11) is 0. The Labute approximate surface area is 101 Å². The molecule has 98 valence electrons. The lowest BCUT2D eigenvalue weighted by atomic mass is 10.0. The molecule has 1 fully saturated rings. The van der Waals surface area contributed by atoms with Gasteiger partial charge in [0.15, 0.2) is 0 Å². The standard InChI is InChI=1S/C11H20N2O4/c1-7(2)10(11(15)16)13-9(14)5-8-6-17-4-3-12-8/h7-8,10,12H,3-6H2,1-2H3,(H,13,14)(H,15,16)/t8?,10-/m1/s1. The van der Waals surface area contributed by atoms with E-state index in [9.17, 15) is 9.59 Å². The molecule has 1 aliphatic rings. The minimum Gasteiger partial charge on any atom is -0.480 e. The molecule has 0 bridgehead atoms. The lowest BCUT2D eigenvalue weighted by molar-refractivity contribution is -0.143. The predicted octanol–water partition coefficient (Wildman–Crippen LogP) is -0.410. The fourth-order valence-electron chi connectivity index (χ4n) is 1.72. The Kier molecular flexibility index (Phi) is 5.37. The third-order valence-electron chi connectivity index (χ3n) is 2.68. The zero-order valence-electron chi connectivity index (χ0n) is 10.2. The van der Waals surface area contributed by atoms with Gasteiger partial charge in [0, 0.05) is 19.0 Å². The summed E-state index contributed by atoms with van der Waals surface area (Å²) in [6.45, 7) is 5.40. The van der Waals surface area contributed by atoms with Crippen molar-refractivity contribution >= 4 is 11.9 Å². The van der Waals surface area contributed by atoms with Crippen LogP contribution in [-0.4, -0.2) is 48.8 Å². The molecule has 0 spiro atoms. The van der Waals surface area contributed by atoms with E-state index in [0.717, 1.165) is 6.54 Å². The number of carbonyl (C=O) groups is 2. The molecule has 1 amide bonds. The van der Waals surface area contributed by atoms with Crippen LogP contribution in [0.5, 0.6) is 0 Å². The Bertz CT molecular complexity index is 275. The number of ether oxygens (including phenoxy) is 1. The first kappa shape index (κ1) is 13.9. The van der Waals surface area contributed by atoms with Gasteiger partial charge in [-0.2, -0.15) is 0 Å². The van der Waals surface area contributed by atoms with E-state index in [1.807, 2.05) is 0 Å². The Morgan fingerprint density at radius 3 is 2.71 bits per heavy atom. The maximum Gasteiger partial charge on any atom is 0.326 e. The molecule has 6 heteroatoms. The number of rotatable bonds is 5. The van der Waals surface area contributed by atoms with E-state index in [1.54, 1.807) is 13.8 Å². The van der Waals surface area contributed by atoms with Gasteiger partial charge in [0.2, 0.25) is 5.91 Å². The first-order valence-corrected chi connectivity index (χ1v) is 5.84. The molecule has 0 aromatic carbocycles. The van der Waals surface area contributed by atoms with E-state index in [0.29, 0.717) is 13.2 Å². The van der Waals surface area contributed by atoms with Crippen molar-refractivity contribution in [2.75, 3.05) is 19.8 Å². The average Bonchev–Trinajstić information content (AvgIpc) is 2.26. The highest BCUT2D eigenvalue weighted by atomic mass is 16.5. The number of amides is 1. The molecule has 0 aromatic rings. The van der Waals surface area contributed by atoms with Crippen molar-refractivity contribution in [1.29, 1.82) is 0 Å². The third kappa shape index (κ3) is 4.70. The molecule has 1 aliphatic heterocycles. The molecule has 1 heterocycles. The van der Waals surface area contributed by atoms with Crippen molar-refractivity contribution in [2.24, 2.45) is 5.92 Å². The van der Waals surface area contributed by atoms with Crippen LogP contribution in [0.3, 0.4) is 0 Å². The molecular weight excluding hydrogens is 224 g/mol. The second kappa shape index (κ2) is 6.56. The highest BCUT2D eigenvalue weighted by Crippen LogP contribution is 2.04. The summed E-state index contributed by atoms with van der Waals surface area (Å²) in [5.41, 5.74) is 0. The summed E-state index contributed by atoms with van der Waals surface area (Å²) < 4.78 is 5.22. The van der Waals surface area contributed by atoms with Crippen LogP contribution in [0.2, 0.25) is 0 Å². The van der Waals surface area contributed by atoms with Crippen LogP contribution in [0.25, 0.3) is 0 Å². The molecule has 1 saturated heterocycles. The Balaban J connectivity index is 2.38. The van der Waals surface area contributed by atoms with Gasteiger partial charge in [-0.3, -0.25) is 4.79 Å². The summed E-state index contributed by atoms with van der Waals surface area (Å²) >= 11 is 0. The molecule has 17 heavy (non-hydrogen) atoms. The van der Waals surface area contributed by atoms with Crippen LogP contribution in [-0.2, 0) is 14.3 Å². The predicted molar refractivity (Wildman–Crippen MR) is 61.6 cm³/mol. The Morgan fingerprint density at radius 2 is 2.24 bits per heavy atom. The van der Waals surface area contributed by atoms with E-state index < -0.39 is 12.0 Å². The van der Waals surface area contributed by atoms with Crippen LogP contribution >= 0.6 is 0 Å². The van der Waals surface area contributed by atoms with Gasteiger partial charge >= 0.3 is 5.97 Å². The van der Waals surface area contributed by atoms with Crippen LogP contribution < -0.4 is 10.6 Å². The van der Waals surface area contributed by atoms with Gasteiger partial charge in [-0.05, 0) is 5.92 Å². The molecule has 2 atom stereocenters. The zero-order valence-corrected chi connectivity index (χ0v) is 10.2. The number of carboxylic acids is 1. The fraction of sp³-hybridized carbons (Fsp3) is 0.818. The topological polar surface area (TPSA) is 87.7 Å². The average molecular weight is 244 g/mol. The smallest absolute Gasteiger partial charge is 0.326 e. The number of carbonyl (C=O) groups excluding carboxylic acids is 1. The SMILES string of the molecule is CC(C)[C@@H](NC(=O)CC1COCCN1)C(=O)O. The minimum absolute atomic E-state index is 0.0228. The summed E-state index contributed by atoms with van der Waals surface area (Å²) in [5.74, 6) is -1.39. The largest absolute Gasteiger partial charge is 0.480 e. The van der Waals surface area contributed by atoms with Crippen LogP contribution in [0.1, 0.15) is 20.3 Å². The molecule has 1 unspecified atom stereocenters. The van der Waals surface area contributed by atoms with Gasteiger partial charge < -0.3 is 20.5 Å². The van der Waals surface area contributed by atoms with Gasteiger partial charge in [-0.25, -0.2) is 4.79 Å². The molecule has 6 nitrogen and oxygen atoms in total. The second-order valence-corrected chi connectivity index (χ2v) is 4.56. The van der Waals surface area contributed by atoms with E-state index in [4.69, 9.17) is 9.84 Å². The lowest BCUT2D eigenvalue weighted by Crippen LogP contribution is -2.48. The maximum atomic E-state index is 11.7. The van der Waals surface area contributed by atoms with Crippen LogP contribution in [0, 0.1) is 5.92 Å². The van der Waals surface area contributed by atoms with E-state index >= 15 is 0 Å². The van der Waals surface area contributed by atoms with Crippen molar-refractivity contribution in [2.45, 2.75) is 32.4 Å². The molecule has 1 rings (SSSR count).